The fourth-order valence-corrected chi connectivity index (χ4v) is 2.87. The van der Waals surface area contributed by atoms with Gasteiger partial charge in [-0.1, -0.05) is 12.1 Å². The van der Waals surface area contributed by atoms with Crippen molar-refractivity contribution in [1.82, 2.24) is 4.90 Å². The lowest BCUT2D eigenvalue weighted by Crippen LogP contribution is -2.37. The first-order valence-electron chi connectivity index (χ1n) is 8.15. The van der Waals surface area contributed by atoms with Crippen molar-refractivity contribution < 1.29 is 18.6 Å². The number of hydrogen-bond acceptors (Lipinski definition) is 3. The van der Waals surface area contributed by atoms with E-state index in [-0.39, 0.29) is 6.10 Å². The zero-order valence-corrected chi connectivity index (χ0v) is 13.4. The molecule has 23 heavy (non-hydrogen) atoms. The molecule has 0 amide bonds. The van der Waals surface area contributed by atoms with Gasteiger partial charge in [-0.15, -0.1) is 6.58 Å². The minimum Gasteiger partial charge on any atom is -0.392 e. The smallest absolute Gasteiger partial charge is 0.130 e. The molecule has 0 radical (unpaired) electrons. The normalized spacial score (nSPS) is 19.2. The highest BCUT2D eigenvalue weighted by molar-refractivity contribution is 5.18. The highest BCUT2D eigenvalue weighted by Gasteiger charge is 2.22. The largest absolute Gasteiger partial charge is 0.392 e. The molecular formula is C18H25F2NO2. The number of aliphatic hydroxyl groups is 1. The number of nitrogens with zero attached hydrogens (tertiary/aromatic N) is 1. The van der Waals surface area contributed by atoms with E-state index in [1.807, 2.05) is 4.90 Å². The molecule has 1 aromatic rings. The van der Waals surface area contributed by atoms with E-state index in [2.05, 4.69) is 6.58 Å². The van der Waals surface area contributed by atoms with Crippen molar-refractivity contribution in [1.29, 1.82) is 0 Å². The van der Waals surface area contributed by atoms with Crippen molar-refractivity contribution in [2.24, 2.45) is 0 Å². The molecule has 3 nitrogen and oxygen atoms in total. The number of halogens is 2. The van der Waals surface area contributed by atoms with Crippen molar-refractivity contribution in [3.05, 3.63) is 48.1 Å². The Morgan fingerprint density at radius 2 is 2.26 bits per heavy atom. The van der Waals surface area contributed by atoms with E-state index in [9.17, 15) is 13.9 Å². The van der Waals surface area contributed by atoms with Crippen LogP contribution < -0.4 is 0 Å². The van der Waals surface area contributed by atoms with Crippen molar-refractivity contribution >= 4 is 0 Å². The summed E-state index contributed by atoms with van der Waals surface area (Å²) >= 11 is 0. The Balaban J connectivity index is 2.00. The third kappa shape index (κ3) is 6.01. The van der Waals surface area contributed by atoms with Crippen molar-refractivity contribution in [2.75, 3.05) is 19.7 Å². The molecule has 0 bridgehead atoms. The molecule has 1 fully saturated rings. The average Bonchev–Trinajstić information content (AvgIpc) is 3.01. The van der Waals surface area contributed by atoms with Crippen molar-refractivity contribution in [3.8, 4) is 0 Å². The van der Waals surface area contributed by atoms with Crippen LogP contribution in [0.3, 0.4) is 0 Å². The Bertz CT molecular complexity index is 504. The maximum Gasteiger partial charge on any atom is 0.130 e. The van der Waals surface area contributed by atoms with Crippen LogP contribution in [0.2, 0.25) is 0 Å². The zero-order valence-electron chi connectivity index (χ0n) is 13.4. The summed E-state index contributed by atoms with van der Waals surface area (Å²) in [5.41, 5.74) is 0.431. The number of hydrogen-bond donors (Lipinski definition) is 1. The standard InChI is InChI=1S/C18H25F2NO2/c1-2-3-5-16(22)12-21(13-17-6-4-9-23-17)11-14-7-8-15(19)10-18(14)20/h2,7-8,10,16-17,22H,1,3-6,9,11-13H2. The van der Waals surface area contributed by atoms with Crippen LogP contribution in [0.1, 0.15) is 31.2 Å². The average molecular weight is 325 g/mol. The first-order chi connectivity index (χ1) is 11.1. The summed E-state index contributed by atoms with van der Waals surface area (Å²) in [6.07, 6.45) is 4.75. The second-order valence-corrected chi connectivity index (χ2v) is 6.08. The van der Waals surface area contributed by atoms with E-state index in [0.717, 1.165) is 31.9 Å². The number of benzene rings is 1. The molecule has 1 aromatic carbocycles. The van der Waals surface area contributed by atoms with Gasteiger partial charge in [0, 0.05) is 37.9 Å². The number of aliphatic hydroxyl groups excluding tert-OH is 1. The zero-order chi connectivity index (χ0) is 16.7. The van der Waals surface area contributed by atoms with Crippen LogP contribution in [0.15, 0.2) is 30.9 Å². The molecule has 0 aromatic heterocycles. The van der Waals surface area contributed by atoms with Crippen molar-refractivity contribution in [2.45, 2.75) is 44.4 Å². The van der Waals surface area contributed by atoms with Crippen molar-refractivity contribution in [3.63, 3.8) is 0 Å². The molecule has 128 valence electrons. The molecule has 1 saturated heterocycles. The summed E-state index contributed by atoms with van der Waals surface area (Å²) < 4.78 is 32.6. The molecule has 1 aliphatic heterocycles. The van der Waals surface area contributed by atoms with E-state index in [4.69, 9.17) is 4.74 Å². The minimum absolute atomic E-state index is 0.116. The van der Waals surface area contributed by atoms with Crippen LogP contribution in [0.4, 0.5) is 8.78 Å². The molecule has 1 heterocycles. The van der Waals surface area contributed by atoms with Gasteiger partial charge in [0.05, 0.1) is 12.2 Å². The second kappa shape index (κ2) is 9.11. The number of allylic oxidation sites excluding steroid dienone is 1. The Kier molecular flexibility index (Phi) is 7.15. The van der Waals surface area contributed by atoms with Crippen LogP contribution in [0, 0.1) is 11.6 Å². The first kappa shape index (κ1) is 18.0. The predicted molar refractivity (Wildman–Crippen MR) is 86.0 cm³/mol. The molecular weight excluding hydrogens is 300 g/mol. The third-order valence-corrected chi connectivity index (χ3v) is 4.07. The second-order valence-electron chi connectivity index (χ2n) is 6.08. The summed E-state index contributed by atoms with van der Waals surface area (Å²) in [5.74, 6) is -1.13. The first-order valence-corrected chi connectivity index (χ1v) is 8.15. The quantitative estimate of drug-likeness (QED) is 0.707. The predicted octanol–water partition coefficient (Wildman–Crippen LogP) is 3.27. The van der Waals surface area contributed by atoms with Gasteiger partial charge >= 0.3 is 0 Å². The van der Waals surface area contributed by atoms with Gasteiger partial charge in [0.25, 0.3) is 0 Å². The maximum atomic E-state index is 13.9. The van der Waals surface area contributed by atoms with Gasteiger partial charge in [0.2, 0.25) is 0 Å². The molecule has 2 unspecified atom stereocenters. The van der Waals surface area contributed by atoms with E-state index in [1.165, 1.54) is 12.1 Å². The number of rotatable bonds is 9. The topological polar surface area (TPSA) is 32.7 Å². The Labute approximate surface area is 136 Å². The molecule has 2 rings (SSSR count). The van der Waals surface area contributed by atoms with Gasteiger partial charge < -0.3 is 9.84 Å². The van der Waals surface area contributed by atoms with Gasteiger partial charge in [-0.3, -0.25) is 4.90 Å². The molecule has 0 spiro atoms. The van der Waals surface area contributed by atoms with E-state index in [0.29, 0.717) is 31.6 Å². The summed E-state index contributed by atoms with van der Waals surface area (Å²) in [5, 5.41) is 10.1. The van der Waals surface area contributed by atoms with Gasteiger partial charge in [0.15, 0.2) is 0 Å². The van der Waals surface area contributed by atoms with Crippen LogP contribution in [-0.4, -0.2) is 41.9 Å². The van der Waals surface area contributed by atoms with Gasteiger partial charge in [-0.05, 0) is 31.7 Å². The molecule has 1 N–H and O–H groups in total. The van der Waals surface area contributed by atoms with E-state index in [1.54, 1.807) is 6.08 Å². The minimum atomic E-state index is -0.581. The highest BCUT2D eigenvalue weighted by atomic mass is 19.1. The molecule has 1 aliphatic rings. The Hall–Kier alpha value is -1.30. The Morgan fingerprint density at radius 1 is 1.43 bits per heavy atom. The number of ether oxygens (including phenoxy) is 1. The summed E-state index contributed by atoms with van der Waals surface area (Å²) in [6, 6.07) is 3.62. The highest BCUT2D eigenvalue weighted by Crippen LogP contribution is 2.18. The lowest BCUT2D eigenvalue weighted by Gasteiger charge is -2.27. The van der Waals surface area contributed by atoms with Gasteiger partial charge in [-0.2, -0.15) is 0 Å². The maximum absolute atomic E-state index is 13.9. The summed E-state index contributed by atoms with van der Waals surface area (Å²) in [7, 11) is 0. The van der Waals surface area contributed by atoms with Crippen LogP contribution in [-0.2, 0) is 11.3 Å². The monoisotopic (exact) mass is 325 g/mol. The molecule has 5 heteroatoms. The van der Waals surface area contributed by atoms with Crippen LogP contribution in [0.25, 0.3) is 0 Å². The van der Waals surface area contributed by atoms with E-state index >= 15 is 0 Å². The molecule has 0 saturated carbocycles. The summed E-state index contributed by atoms with van der Waals surface area (Å²) in [6.45, 7) is 5.81. The fraction of sp³-hybridized carbons (Fsp3) is 0.556. The molecule has 2 atom stereocenters. The van der Waals surface area contributed by atoms with E-state index < -0.39 is 17.7 Å². The fourth-order valence-electron chi connectivity index (χ4n) is 2.87. The van der Waals surface area contributed by atoms with Gasteiger partial charge in [-0.25, -0.2) is 8.78 Å². The van der Waals surface area contributed by atoms with Gasteiger partial charge in [0.1, 0.15) is 11.6 Å². The lowest BCUT2D eigenvalue weighted by molar-refractivity contribution is 0.0441. The molecule has 0 aliphatic carbocycles. The third-order valence-electron chi connectivity index (χ3n) is 4.07. The van der Waals surface area contributed by atoms with Crippen LogP contribution in [0.5, 0.6) is 0 Å². The lowest BCUT2D eigenvalue weighted by atomic mass is 10.1. The summed E-state index contributed by atoms with van der Waals surface area (Å²) in [4.78, 5) is 1.99. The van der Waals surface area contributed by atoms with Crippen LogP contribution >= 0.6 is 0 Å². The Morgan fingerprint density at radius 3 is 2.91 bits per heavy atom. The SMILES string of the molecule is C=CCCC(O)CN(Cc1ccc(F)cc1F)CC1CCCO1.